The average Bonchev–Trinajstić information content (AvgIpc) is 2.91. The molecule has 4 nitrogen and oxygen atoms in total. The molecule has 0 aliphatic carbocycles. The van der Waals surface area contributed by atoms with E-state index in [0.717, 1.165) is 25.8 Å². The molecule has 23 heavy (non-hydrogen) atoms. The molecular weight excluding hydrogens is 288 g/mol. The van der Waals surface area contributed by atoms with Gasteiger partial charge in [-0.3, -0.25) is 0 Å². The predicted octanol–water partition coefficient (Wildman–Crippen LogP) is 3.09. The molecule has 0 spiro atoms. The van der Waals surface area contributed by atoms with Gasteiger partial charge in [-0.05, 0) is 31.4 Å². The van der Waals surface area contributed by atoms with Crippen LogP contribution in [0.5, 0.6) is 0 Å². The number of ether oxygens (including phenoxy) is 1. The zero-order valence-corrected chi connectivity index (χ0v) is 14.4. The highest BCUT2D eigenvalue weighted by Crippen LogP contribution is 2.41. The summed E-state index contributed by atoms with van der Waals surface area (Å²) in [5.74, 6) is 0. The van der Waals surface area contributed by atoms with E-state index in [1.54, 1.807) is 0 Å². The number of nitrogens with one attached hydrogen (secondary N) is 2. The van der Waals surface area contributed by atoms with Crippen LogP contribution in [0.2, 0.25) is 0 Å². The van der Waals surface area contributed by atoms with Crippen molar-refractivity contribution in [2.24, 2.45) is 0 Å². The minimum atomic E-state index is -0.362. The Kier molecular flexibility index (Phi) is 4.76. The summed E-state index contributed by atoms with van der Waals surface area (Å²) >= 11 is 0. The Bertz CT molecular complexity index is 664. The summed E-state index contributed by atoms with van der Waals surface area (Å²) in [5.41, 5.74) is 3.38. The molecule has 1 aromatic heterocycles. The topological polar surface area (TPSA) is 57.3 Å². The van der Waals surface area contributed by atoms with Crippen LogP contribution in [0.15, 0.2) is 24.3 Å². The van der Waals surface area contributed by atoms with Gasteiger partial charge in [0.2, 0.25) is 0 Å². The fraction of sp³-hybridized carbons (Fsp3) is 0.579. The van der Waals surface area contributed by atoms with E-state index >= 15 is 0 Å². The Morgan fingerprint density at radius 3 is 2.91 bits per heavy atom. The van der Waals surface area contributed by atoms with Gasteiger partial charge < -0.3 is 20.1 Å². The Morgan fingerprint density at radius 1 is 1.39 bits per heavy atom. The standard InChI is InChI=1S/C19H28N2O2/c1-13(2)20-12-14-11-16-15-7-4-5-8-17(15)21-18(16)19(3,23-14)9-6-10-22/h4-5,7-8,13-14,20-22H,6,9-12H2,1-3H3. The molecule has 0 amide bonds. The molecule has 2 unspecified atom stereocenters. The molecule has 1 aliphatic rings. The second-order valence-electron chi connectivity index (χ2n) is 7.09. The number of H-pyrrole nitrogens is 1. The summed E-state index contributed by atoms with van der Waals surface area (Å²) in [6.45, 7) is 7.52. The van der Waals surface area contributed by atoms with Crippen LogP contribution in [0.3, 0.4) is 0 Å². The minimum absolute atomic E-state index is 0.160. The van der Waals surface area contributed by atoms with Crippen LogP contribution in [0, 0.1) is 0 Å². The fourth-order valence-electron chi connectivity index (χ4n) is 3.64. The molecule has 0 fully saturated rings. The zero-order chi connectivity index (χ0) is 16.4. The second kappa shape index (κ2) is 6.63. The number of aromatic amines is 1. The maximum Gasteiger partial charge on any atom is 0.106 e. The number of rotatable bonds is 6. The van der Waals surface area contributed by atoms with E-state index in [-0.39, 0.29) is 18.3 Å². The van der Waals surface area contributed by atoms with Crippen molar-refractivity contribution < 1.29 is 9.84 Å². The van der Waals surface area contributed by atoms with Gasteiger partial charge in [-0.1, -0.05) is 32.0 Å². The van der Waals surface area contributed by atoms with Crippen molar-refractivity contribution >= 4 is 10.9 Å². The maximum atomic E-state index is 9.26. The summed E-state index contributed by atoms with van der Waals surface area (Å²) in [5, 5.41) is 14.1. The van der Waals surface area contributed by atoms with Crippen molar-refractivity contribution in [3.05, 3.63) is 35.5 Å². The monoisotopic (exact) mass is 316 g/mol. The molecular formula is C19H28N2O2. The summed E-state index contributed by atoms with van der Waals surface area (Å²) in [6.07, 6.45) is 2.65. The largest absolute Gasteiger partial charge is 0.396 e. The van der Waals surface area contributed by atoms with Crippen LogP contribution < -0.4 is 5.32 Å². The number of hydrogen-bond acceptors (Lipinski definition) is 3. The molecule has 126 valence electrons. The SMILES string of the molecule is CC(C)NCC1Cc2c([nH]c3ccccc23)C(C)(CCCO)O1. The molecule has 0 radical (unpaired) electrons. The van der Waals surface area contributed by atoms with Gasteiger partial charge in [0, 0.05) is 36.5 Å². The Labute approximate surface area is 138 Å². The normalized spacial score (nSPS) is 24.3. The van der Waals surface area contributed by atoms with E-state index in [0.29, 0.717) is 6.04 Å². The van der Waals surface area contributed by atoms with Crippen LogP contribution >= 0.6 is 0 Å². The molecule has 4 heteroatoms. The molecule has 0 saturated carbocycles. The van der Waals surface area contributed by atoms with E-state index in [2.05, 4.69) is 55.3 Å². The molecule has 3 N–H and O–H groups in total. The third kappa shape index (κ3) is 3.30. The van der Waals surface area contributed by atoms with Crippen molar-refractivity contribution in [3.63, 3.8) is 0 Å². The first-order valence-corrected chi connectivity index (χ1v) is 8.65. The van der Waals surface area contributed by atoms with Gasteiger partial charge in [-0.2, -0.15) is 0 Å². The van der Waals surface area contributed by atoms with Gasteiger partial charge >= 0.3 is 0 Å². The lowest BCUT2D eigenvalue weighted by Gasteiger charge is -2.39. The van der Waals surface area contributed by atoms with Gasteiger partial charge in [-0.25, -0.2) is 0 Å². The number of benzene rings is 1. The number of hydrogen-bond donors (Lipinski definition) is 3. The summed E-state index contributed by atoms with van der Waals surface area (Å²) in [6, 6.07) is 8.93. The van der Waals surface area contributed by atoms with Crippen molar-refractivity contribution in [2.45, 2.75) is 57.8 Å². The van der Waals surface area contributed by atoms with E-state index in [4.69, 9.17) is 4.74 Å². The van der Waals surface area contributed by atoms with Crippen molar-refractivity contribution in [1.29, 1.82) is 0 Å². The third-order valence-corrected chi connectivity index (χ3v) is 4.77. The second-order valence-corrected chi connectivity index (χ2v) is 7.09. The first-order chi connectivity index (χ1) is 11.0. The molecule has 1 aromatic carbocycles. The highest BCUT2D eigenvalue weighted by Gasteiger charge is 2.39. The van der Waals surface area contributed by atoms with Crippen molar-refractivity contribution in [3.8, 4) is 0 Å². The Hall–Kier alpha value is -1.36. The first-order valence-electron chi connectivity index (χ1n) is 8.65. The Morgan fingerprint density at radius 2 is 2.17 bits per heavy atom. The summed E-state index contributed by atoms with van der Waals surface area (Å²) in [7, 11) is 0. The molecule has 2 aromatic rings. The zero-order valence-electron chi connectivity index (χ0n) is 14.4. The molecule has 0 bridgehead atoms. The van der Waals surface area contributed by atoms with Crippen LogP contribution in [0.1, 0.15) is 44.9 Å². The van der Waals surface area contributed by atoms with E-state index < -0.39 is 0 Å². The molecule has 3 rings (SSSR count). The number of aliphatic hydroxyl groups is 1. The van der Waals surface area contributed by atoms with E-state index in [1.165, 1.54) is 22.2 Å². The fourth-order valence-corrected chi connectivity index (χ4v) is 3.64. The van der Waals surface area contributed by atoms with Gasteiger partial charge in [0.1, 0.15) is 5.60 Å². The van der Waals surface area contributed by atoms with E-state index in [9.17, 15) is 5.11 Å². The highest BCUT2D eigenvalue weighted by atomic mass is 16.5. The molecule has 2 atom stereocenters. The van der Waals surface area contributed by atoms with Crippen LogP contribution in [0.4, 0.5) is 0 Å². The first kappa shape index (κ1) is 16.5. The maximum absolute atomic E-state index is 9.26. The molecule has 0 saturated heterocycles. The number of aliphatic hydroxyl groups excluding tert-OH is 1. The van der Waals surface area contributed by atoms with Crippen molar-refractivity contribution in [2.75, 3.05) is 13.2 Å². The number of para-hydroxylation sites is 1. The molecule has 2 heterocycles. The lowest BCUT2D eigenvalue weighted by Crippen LogP contribution is -2.44. The third-order valence-electron chi connectivity index (χ3n) is 4.77. The lowest BCUT2D eigenvalue weighted by molar-refractivity contribution is -0.107. The predicted molar refractivity (Wildman–Crippen MR) is 93.7 cm³/mol. The van der Waals surface area contributed by atoms with Crippen LogP contribution in [-0.4, -0.2) is 35.4 Å². The van der Waals surface area contributed by atoms with Crippen molar-refractivity contribution in [1.82, 2.24) is 10.3 Å². The van der Waals surface area contributed by atoms with Crippen LogP contribution in [-0.2, 0) is 16.8 Å². The minimum Gasteiger partial charge on any atom is -0.396 e. The average molecular weight is 316 g/mol. The van der Waals surface area contributed by atoms with Crippen LogP contribution in [0.25, 0.3) is 10.9 Å². The van der Waals surface area contributed by atoms with Gasteiger partial charge in [0.05, 0.1) is 11.8 Å². The molecule has 1 aliphatic heterocycles. The van der Waals surface area contributed by atoms with Gasteiger partial charge in [0.25, 0.3) is 0 Å². The van der Waals surface area contributed by atoms with E-state index in [1.807, 2.05) is 0 Å². The quantitative estimate of drug-likeness (QED) is 0.767. The highest BCUT2D eigenvalue weighted by molar-refractivity contribution is 5.85. The number of aromatic nitrogens is 1. The van der Waals surface area contributed by atoms with Gasteiger partial charge in [-0.15, -0.1) is 0 Å². The lowest BCUT2D eigenvalue weighted by atomic mass is 9.87. The Balaban J connectivity index is 1.97. The smallest absolute Gasteiger partial charge is 0.106 e. The summed E-state index contributed by atoms with van der Waals surface area (Å²) < 4.78 is 6.48. The number of fused-ring (bicyclic) bond motifs is 3. The van der Waals surface area contributed by atoms with Gasteiger partial charge in [0.15, 0.2) is 0 Å². The summed E-state index contributed by atoms with van der Waals surface area (Å²) in [4.78, 5) is 3.57.